The predicted molar refractivity (Wildman–Crippen MR) is 136 cm³/mol. The van der Waals surface area contributed by atoms with Gasteiger partial charge >= 0.3 is 0 Å². The Bertz CT molecular complexity index is 1080. The van der Waals surface area contributed by atoms with Crippen LogP contribution in [0.4, 0.5) is 5.69 Å². The number of aryl methyl sites for hydroxylation is 1. The highest BCUT2D eigenvalue weighted by atomic mass is 16.5. The topological polar surface area (TPSA) is 73.9 Å². The molecule has 3 N–H and O–H groups in total. The van der Waals surface area contributed by atoms with Crippen LogP contribution in [0.25, 0.3) is 10.9 Å². The number of hydrogen-bond acceptors (Lipinski definition) is 4. The molecule has 1 aliphatic rings. The Morgan fingerprint density at radius 1 is 1.09 bits per heavy atom. The highest BCUT2D eigenvalue weighted by Gasteiger charge is 2.21. The van der Waals surface area contributed by atoms with Gasteiger partial charge < -0.3 is 30.0 Å². The molecule has 2 heterocycles. The number of para-hydroxylation sites is 1. The Morgan fingerprint density at radius 2 is 1.79 bits per heavy atom. The zero-order valence-corrected chi connectivity index (χ0v) is 20.1. The molecule has 0 saturated carbocycles. The number of aromatic amines is 1. The molecule has 0 spiro atoms. The highest BCUT2D eigenvalue weighted by Crippen LogP contribution is 2.30. The van der Waals surface area contributed by atoms with Gasteiger partial charge in [0.25, 0.3) is 0 Å². The van der Waals surface area contributed by atoms with E-state index >= 15 is 0 Å². The van der Waals surface area contributed by atoms with Gasteiger partial charge in [-0.25, -0.2) is 0 Å². The lowest BCUT2D eigenvalue weighted by molar-refractivity contribution is 0.393. The van der Waals surface area contributed by atoms with Crippen molar-refractivity contribution in [3.63, 3.8) is 0 Å². The van der Waals surface area contributed by atoms with Crippen LogP contribution >= 0.6 is 0 Å². The molecule has 0 bridgehead atoms. The molecule has 4 rings (SSSR count). The summed E-state index contributed by atoms with van der Waals surface area (Å²) < 4.78 is 10.9. The number of aliphatic imine (C=N–C) groups is 1. The van der Waals surface area contributed by atoms with Crippen molar-refractivity contribution in [1.29, 1.82) is 0 Å². The number of guanidine groups is 1. The second-order valence-corrected chi connectivity index (χ2v) is 8.50. The zero-order chi connectivity index (χ0) is 23.2. The minimum absolute atomic E-state index is 0.398. The van der Waals surface area contributed by atoms with E-state index in [9.17, 15) is 0 Å². The number of fused-ring (bicyclic) bond motifs is 1. The summed E-state index contributed by atoms with van der Waals surface area (Å²) in [5.74, 6) is 2.51. The van der Waals surface area contributed by atoms with E-state index in [2.05, 4.69) is 68.8 Å². The van der Waals surface area contributed by atoms with E-state index in [0.717, 1.165) is 62.0 Å². The maximum atomic E-state index is 5.43. The van der Waals surface area contributed by atoms with Gasteiger partial charge in [0.2, 0.25) is 0 Å². The zero-order valence-electron chi connectivity index (χ0n) is 20.1. The van der Waals surface area contributed by atoms with Crippen LogP contribution in [0.2, 0.25) is 0 Å². The summed E-state index contributed by atoms with van der Waals surface area (Å²) >= 11 is 0. The van der Waals surface area contributed by atoms with Crippen molar-refractivity contribution in [1.82, 2.24) is 15.6 Å². The second-order valence-electron chi connectivity index (χ2n) is 8.50. The molecular formula is C26H35N5O2. The third-order valence-electron chi connectivity index (χ3n) is 6.46. The van der Waals surface area contributed by atoms with Crippen molar-refractivity contribution in [2.45, 2.75) is 32.2 Å². The van der Waals surface area contributed by atoms with Gasteiger partial charge in [-0.2, -0.15) is 0 Å². The average molecular weight is 450 g/mol. The third-order valence-corrected chi connectivity index (χ3v) is 6.46. The number of rotatable bonds is 7. The SMILES string of the molecule is CN=C(NCCc1c(C)[nH]c2ccccc12)NC1CCN(c2cc(OC)cc(OC)c2)CC1. The number of nitrogens with one attached hydrogen (secondary N) is 3. The van der Waals surface area contributed by atoms with Crippen molar-refractivity contribution in [2.75, 3.05) is 45.8 Å². The van der Waals surface area contributed by atoms with E-state index in [1.165, 1.54) is 22.2 Å². The second kappa shape index (κ2) is 10.5. The van der Waals surface area contributed by atoms with Crippen LogP contribution in [0.1, 0.15) is 24.1 Å². The van der Waals surface area contributed by atoms with Gasteiger partial charge in [-0.05, 0) is 37.8 Å². The Kier molecular flexibility index (Phi) is 7.27. The Morgan fingerprint density at radius 3 is 2.45 bits per heavy atom. The molecule has 2 aromatic carbocycles. The van der Waals surface area contributed by atoms with Gasteiger partial charge in [0.1, 0.15) is 11.5 Å². The first-order valence-corrected chi connectivity index (χ1v) is 11.6. The van der Waals surface area contributed by atoms with Crippen molar-refractivity contribution in [2.24, 2.45) is 4.99 Å². The fourth-order valence-electron chi connectivity index (χ4n) is 4.61. The van der Waals surface area contributed by atoms with E-state index in [1.54, 1.807) is 14.2 Å². The first-order valence-electron chi connectivity index (χ1n) is 11.6. The number of hydrogen-bond donors (Lipinski definition) is 3. The van der Waals surface area contributed by atoms with Crippen LogP contribution in [0.5, 0.6) is 11.5 Å². The van der Waals surface area contributed by atoms with E-state index < -0.39 is 0 Å². The molecule has 0 aliphatic carbocycles. The Labute approximate surface area is 196 Å². The molecule has 0 radical (unpaired) electrons. The minimum Gasteiger partial charge on any atom is -0.497 e. The summed E-state index contributed by atoms with van der Waals surface area (Å²) in [4.78, 5) is 10.3. The Balaban J connectivity index is 1.28. The largest absolute Gasteiger partial charge is 0.497 e. The molecule has 1 fully saturated rings. The van der Waals surface area contributed by atoms with Crippen LogP contribution in [-0.4, -0.2) is 57.9 Å². The van der Waals surface area contributed by atoms with Gasteiger partial charge in [0, 0.05) is 73.2 Å². The average Bonchev–Trinajstić information content (AvgIpc) is 3.18. The van der Waals surface area contributed by atoms with E-state index in [0.29, 0.717) is 6.04 Å². The predicted octanol–water partition coefficient (Wildman–Crippen LogP) is 3.87. The van der Waals surface area contributed by atoms with Crippen molar-refractivity contribution < 1.29 is 9.47 Å². The number of benzene rings is 2. The summed E-state index contributed by atoms with van der Waals surface area (Å²) in [5.41, 5.74) is 4.95. The molecule has 0 amide bonds. The smallest absolute Gasteiger partial charge is 0.191 e. The summed E-state index contributed by atoms with van der Waals surface area (Å²) in [6.07, 6.45) is 3.04. The standard InChI is InChI=1S/C26H35N5O2/c1-18-23(24-7-5-6-8-25(24)29-18)9-12-28-26(27-2)30-19-10-13-31(14-11-19)20-15-21(32-3)17-22(16-20)33-4/h5-8,15-17,19,29H,9-14H2,1-4H3,(H2,27,28,30). The number of nitrogens with zero attached hydrogens (tertiary/aromatic N) is 2. The summed E-state index contributed by atoms with van der Waals surface area (Å²) in [6, 6.07) is 14.9. The van der Waals surface area contributed by atoms with Gasteiger partial charge in [-0.3, -0.25) is 4.99 Å². The highest BCUT2D eigenvalue weighted by molar-refractivity contribution is 5.85. The molecule has 1 aromatic heterocycles. The molecule has 176 valence electrons. The number of anilines is 1. The number of ether oxygens (including phenoxy) is 2. The van der Waals surface area contributed by atoms with Crippen molar-refractivity contribution in [3.05, 3.63) is 53.7 Å². The number of H-pyrrole nitrogens is 1. The fraction of sp³-hybridized carbons (Fsp3) is 0.423. The van der Waals surface area contributed by atoms with E-state index in [4.69, 9.17) is 9.47 Å². The molecule has 3 aromatic rings. The van der Waals surface area contributed by atoms with Gasteiger partial charge in [-0.1, -0.05) is 18.2 Å². The maximum Gasteiger partial charge on any atom is 0.191 e. The van der Waals surface area contributed by atoms with Crippen LogP contribution in [0.15, 0.2) is 47.5 Å². The van der Waals surface area contributed by atoms with E-state index in [1.807, 2.05) is 13.1 Å². The van der Waals surface area contributed by atoms with Crippen molar-refractivity contribution >= 4 is 22.5 Å². The third kappa shape index (κ3) is 5.35. The maximum absolute atomic E-state index is 5.43. The molecule has 7 heteroatoms. The molecular weight excluding hydrogens is 414 g/mol. The molecule has 33 heavy (non-hydrogen) atoms. The number of aromatic nitrogens is 1. The molecule has 0 atom stereocenters. The van der Waals surface area contributed by atoms with Gasteiger partial charge in [0.15, 0.2) is 5.96 Å². The van der Waals surface area contributed by atoms with Crippen LogP contribution in [-0.2, 0) is 6.42 Å². The lowest BCUT2D eigenvalue weighted by atomic mass is 10.0. The first-order chi connectivity index (χ1) is 16.1. The molecule has 1 saturated heterocycles. The van der Waals surface area contributed by atoms with Crippen LogP contribution in [0, 0.1) is 6.92 Å². The fourth-order valence-corrected chi connectivity index (χ4v) is 4.61. The summed E-state index contributed by atoms with van der Waals surface area (Å²) in [6.45, 7) is 4.93. The Hall–Kier alpha value is -3.35. The molecule has 0 unspecified atom stereocenters. The van der Waals surface area contributed by atoms with Gasteiger partial charge in [-0.15, -0.1) is 0 Å². The van der Waals surface area contributed by atoms with Gasteiger partial charge in [0.05, 0.1) is 14.2 Å². The minimum atomic E-state index is 0.398. The quantitative estimate of drug-likeness (QED) is 0.377. The van der Waals surface area contributed by atoms with Crippen molar-refractivity contribution in [3.8, 4) is 11.5 Å². The molecule has 1 aliphatic heterocycles. The molecule has 7 nitrogen and oxygen atoms in total. The number of methoxy groups -OCH3 is 2. The number of piperidine rings is 1. The monoisotopic (exact) mass is 449 g/mol. The normalized spacial score (nSPS) is 15.0. The first kappa shape index (κ1) is 22.8. The lowest BCUT2D eigenvalue weighted by Gasteiger charge is -2.34. The summed E-state index contributed by atoms with van der Waals surface area (Å²) in [7, 11) is 5.21. The van der Waals surface area contributed by atoms with Crippen LogP contribution in [0.3, 0.4) is 0 Å². The summed E-state index contributed by atoms with van der Waals surface area (Å²) in [5, 5.41) is 8.41. The lowest BCUT2D eigenvalue weighted by Crippen LogP contribution is -2.49. The van der Waals surface area contributed by atoms with Crippen LogP contribution < -0.4 is 25.0 Å². The van der Waals surface area contributed by atoms with E-state index in [-0.39, 0.29) is 0 Å².